The third-order valence-corrected chi connectivity index (χ3v) is 8.38. The van der Waals surface area contributed by atoms with Crippen LogP contribution in [0.25, 0.3) is 0 Å². The predicted molar refractivity (Wildman–Crippen MR) is 145 cm³/mol. The number of nitrogens with one attached hydrogen (secondary N) is 1. The van der Waals surface area contributed by atoms with E-state index in [0.717, 1.165) is 36.2 Å². The number of sulfonamides is 1. The minimum absolute atomic E-state index is 0.0285. The molecule has 1 saturated carbocycles. The van der Waals surface area contributed by atoms with Crippen molar-refractivity contribution in [2.75, 3.05) is 17.1 Å². The number of nitrogens with zero attached hydrogens (tertiary/aromatic N) is 2. The van der Waals surface area contributed by atoms with Crippen molar-refractivity contribution >= 4 is 50.7 Å². The zero-order chi connectivity index (χ0) is 26.5. The molecule has 2 aromatic rings. The minimum Gasteiger partial charge on any atom is -0.352 e. The molecule has 0 saturated heterocycles. The predicted octanol–water partition coefficient (Wildman–Crippen LogP) is 4.93. The van der Waals surface area contributed by atoms with Crippen molar-refractivity contribution < 1.29 is 18.0 Å². The number of benzene rings is 2. The van der Waals surface area contributed by atoms with Crippen molar-refractivity contribution in [1.29, 1.82) is 0 Å². The Hall–Kier alpha value is -2.29. The van der Waals surface area contributed by atoms with Gasteiger partial charge >= 0.3 is 0 Å². The standard InChI is InChI=1S/C26H33Cl2N3O4S/c1-4-23(26(33)29-19-11-6-7-12-19)30(16-20-21(27)13-9-14-22(20)28)25(32)17-31(36(3,34)35)24-15-8-5-10-18(24)2/h5,8-10,13-15,19,23H,4,6-7,11-12,16-17H2,1-3H3,(H,29,33). The van der Waals surface area contributed by atoms with Gasteiger partial charge in [0.2, 0.25) is 21.8 Å². The zero-order valence-electron chi connectivity index (χ0n) is 20.8. The Morgan fingerprint density at radius 1 is 1.06 bits per heavy atom. The first kappa shape index (κ1) is 28.3. The molecule has 7 nitrogen and oxygen atoms in total. The second kappa shape index (κ2) is 12.3. The summed E-state index contributed by atoms with van der Waals surface area (Å²) in [6.45, 7) is 3.12. The molecule has 1 unspecified atom stereocenters. The summed E-state index contributed by atoms with van der Waals surface area (Å²) < 4.78 is 26.6. The van der Waals surface area contributed by atoms with Gasteiger partial charge in [-0.05, 0) is 49.9 Å². The quantitative estimate of drug-likeness (QED) is 0.451. The number of amides is 2. The van der Waals surface area contributed by atoms with Crippen LogP contribution in [0.1, 0.15) is 50.2 Å². The maximum absolute atomic E-state index is 13.8. The summed E-state index contributed by atoms with van der Waals surface area (Å²) in [4.78, 5) is 28.5. The molecule has 1 aliphatic rings. The lowest BCUT2D eigenvalue weighted by molar-refractivity contribution is -0.140. The van der Waals surface area contributed by atoms with Crippen LogP contribution in [0.15, 0.2) is 42.5 Å². The number of anilines is 1. The van der Waals surface area contributed by atoms with Crippen LogP contribution < -0.4 is 9.62 Å². The van der Waals surface area contributed by atoms with Gasteiger partial charge in [-0.15, -0.1) is 0 Å². The maximum Gasteiger partial charge on any atom is 0.244 e. The van der Waals surface area contributed by atoms with E-state index in [2.05, 4.69) is 5.32 Å². The van der Waals surface area contributed by atoms with E-state index in [1.54, 1.807) is 49.4 Å². The van der Waals surface area contributed by atoms with E-state index >= 15 is 0 Å². The minimum atomic E-state index is -3.80. The molecular formula is C26H33Cl2N3O4S. The zero-order valence-corrected chi connectivity index (χ0v) is 23.2. The number of para-hydroxylation sites is 1. The summed E-state index contributed by atoms with van der Waals surface area (Å²) >= 11 is 12.8. The molecule has 2 amide bonds. The number of carbonyl (C=O) groups is 2. The second-order valence-corrected chi connectivity index (χ2v) is 11.9. The molecule has 1 N–H and O–H groups in total. The summed E-state index contributed by atoms with van der Waals surface area (Å²) in [5.41, 5.74) is 1.62. The van der Waals surface area contributed by atoms with Crippen molar-refractivity contribution in [3.05, 3.63) is 63.6 Å². The van der Waals surface area contributed by atoms with E-state index in [0.29, 0.717) is 33.3 Å². The first-order valence-electron chi connectivity index (χ1n) is 12.1. The molecular weight excluding hydrogens is 521 g/mol. The topological polar surface area (TPSA) is 86.8 Å². The van der Waals surface area contributed by atoms with Gasteiger partial charge in [-0.2, -0.15) is 0 Å². The fourth-order valence-electron chi connectivity index (χ4n) is 4.58. The second-order valence-electron chi connectivity index (χ2n) is 9.19. The van der Waals surface area contributed by atoms with Gasteiger partial charge < -0.3 is 10.2 Å². The fraction of sp³-hybridized carbons (Fsp3) is 0.462. The van der Waals surface area contributed by atoms with Gasteiger partial charge in [-0.3, -0.25) is 13.9 Å². The highest BCUT2D eigenvalue weighted by Crippen LogP contribution is 2.28. The molecule has 1 aliphatic carbocycles. The highest BCUT2D eigenvalue weighted by molar-refractivity contribution is 7.92. The van der Waals surface area contributed by atoms with E-state index in [-0.39, 0.29) is 18.5 Å². The average molecular weight is 555 g/mol. The number of aryl methyl sites for hydroxylation is 1. The van der Waals surface area contributed by atoms with Crippen LogP contribution in [0.3, 0.4) is 0 Å². The van der Waals surface area contributed by atoms with Crippen LogP contribution in [0.2, 0.25) is 10.0 Å². The van der Waals surface area contributed by atoms with Crippen molar-refractivity contribution in [2.24, 2.45) is 0 Å². The lowest BCUT2D eigenvalue weighted by atomic mass is 10.1. The molecule has 0 radical (unpaired) electrons. The molecule has 196 valence electrons. The lowest BCUT2D eigenvalue weighted by Crippen LogP contribution is -2.53. The third-order valence-electron chi connectivity index (χ3n) is 6.54. The van der Waals surface area contributed by atoms with Crippen molar-refractivity contribution in [3.8, 4) is 0 Å². The normalized spacial score (nSPS) is 14.9. The summed E-state index contributed by atoms with van der Waals surface area (Å²) in [7, 11) is -3.80. The van der Waals surface area contributed by atoms with Gasteiger partial charge in [-0.25, -0.2) is 8.42 Å². The molecule has 0 spiro atoms. The molecule has 2 aromatic carbocycles. The Bertz CT molecular complexity index is 1180. The molecule has 36 heavy (non-hydrogen) atoms. The van der Waals surface area contributed by atoms with Crippen molar-refractivity contribution in [3.63, 3.8) is 0 Å². The van der Waals surface area contributed by atoms with Crippen LogP contribution in [0.4, 0.5) is 5.69 Å². The van der Waals surface area contributed by atoms with E-state index in [1.807, 2.05) is 6.92 Å². The third kappa shape index (κ3) is 6.93. The van der Waals surface area contributed by atoms with Crippen LogP contribution in [0, 0.1) is 6.92 Å². The molecule has 0 aliphatic heterocycles. The van der Waals surface area contributed by atoms with E-state index in [9.17, 15) is 18.0 Å². The van der Waals surface area contributed by atoms with Crippen LogP contribution in [0.5, 0.6) is 0 Å². The van der Waals surface area contributed by atoms with E-state index in [1.165, 1.54) is 4.90 Å². The number of hydrogen-bond acceptors (Lipinski definition) is 4. The molecule has 10 heteroatoms. The number of rotatable bonds is 10. The Balaban J connectivity index is 1.98. The Kier molecular flexibility index (Phi) is 9.66. The van der Waals surface area contributed by atoms with Gasteiger partial charge in [-0.1, -0.05) is 67.2 Å². The van der Waals surface area contributed by atoms with Crippen LogP contribution in [-0.2, 0) is 26.2 Å². The Labute approximate surface area is 223 Å². The van der Waals surface area contributed by atoms with E-state index in [4.69, 9.17) is 23.2 Å². The first-order chi connectivity index (χ1) is 17.0. The maximum atomic E-state index is 13.8. The summed E-state index contributed by atoms with van der Waals surface area (Å²) in [6.07, 6.45) is 5.32. The van der Waals surface area contributed by atoms with E-state index < -0.39 is 28.5 Å². The van der Waals surface area contributed by atoms with Gasteiger partial charge in [0.25, 0.3) is 0 Å². The van der Waals surface area contributed by atoms with Crippen molar-refractivity contribution in [2.45, 2.75) is 64.6 Å². The van der Waals surface area contributed by atoms with Crippen molar-refractivity contribution in [1.82, 2.24) is 10.2 Å². The number of halogens is 2. The Morgan fingerprint density at radius 3 is 2.22 bits per heavy atom. The molecule has 3 rings (SSSR count). The SMILES string of the molecule is CCC(C(=O)NC1CCCC1)N(Cc1c(Cl)cccc1Cl)C(=O)CN(c1ccccc1C)S(C)(=O)=O. The largest absolute Gasteiger partial charge is 0.352 e. The Morgan fingerprint density at radius 2 is 1.67 bits per heavy atom. The van der Waals surface area contributed by atoms with Gasteiger partial charge in [0.1, 0.15) is 12.6 Å². The van der Waals surface area contributed by atoms with Gasteiger partial charge in [0.05, 0.1) is 11.9 Å². The molecule has 1 fully saturated rings. The summed E-state index contributed by atoms with van der Waals surface area (Å²) in [5.74, 6) is -0.782. The lowest BCUT2D eigenvalue weighted by Gasteiger charge is -2.34. The highest BCUT2D eigenvalue weighted by Gasteiger charge is 2.34. The highest BCUT2D eigenvalue weighted by atomic mass is 35.5. The number of hydrogen-bond donors (Lipinski definition) is 1. The summed E-state index contributed by atoms with van der Waals surface area (Å²) in [5, 5.41) is 3.81. The molecule has 0 aromatic heterocycles. The fourth-order valence-corrected chi connectivity index (χ4v) is 6.00. The monoisotopic (exact) mass is 553 g/mol. The van der Waals surface area contributed by atoms with Gasteiger partial charge in [0, 0.05) is 28.2 Å². The van der Waals surface area contributed by atoms with Crippen LogP contribution in [-0.4, -0.2) is 50.0 Å². The molecule has 1 atom stereocenters. The van der Waals surface area contributed by atoms with Crippen LogP contribution >= 0.6 is 23.2 Å². The first-order valence-corrected chi connectivity index (χ1v) is 14.7. The molecule has 0 bridgehead atoms. The smallest absolute Gasteiger partial charge is 0.244 e. The average Bonchev–Trinajstić information content (AvgIpc) is 3.32. The summed E-state index contributed by atoms with van der Waals surface area (Å²) in [6, 6.07) is 11.3. The molecule has 0 heterocycles. The number of carbonyl (C=O) groups excluding carboxylic acids is 2. The van der Waals surface area contributed by atoms with Gasteiger partial charge in [0.15, 0.2) is 0 Å².